The number of benzene rings is 1. The van der Waals surface area contributed by atoms with Crippen LogP contribution in [-0.2, 0) is 6.54 Å². The second-order valence-corrected chi connectivity index (χ2v) is 14.0. The third kappa shape index (κ3) is 6.40. The number of rotatable bonds is 6. The largest absolute Gasteiger partial charge is 0.478 e. The first kappa shape index (κ1) is 34.4. The van der Waals surface area contributed by atoms with Crippen LogP contribution < -0.4 is 10.5 Å². The van der Waals surface area contributed by atoms with E-state index in [1.807, 2.05) is 9.80 Å². The summed E-state index contributed by atoms with van der Waals surface area (Å²) in [4.78, 5) is 42.8. The van der Waals surface area contributed by atoms with Crippen LogP contribution in [0.3, 0.4) is 0 Å². The molecule has 5 aromatic rings. The minimum Gasteiger partial charge on any atom is -0.478 e. The highest BCUT2D eigenvalue weighted by Crippen LogP contribution is 2.48. The Morgan fingerprint density at radius 3 is 2.65 bits per heavy atom. The van der Waals surface area contributed by atoms with Gasteiger partial charge in [-0.15, -0.1) is 11.3 Å². The fraction of sp³-hybridized carbons (Fsp3) is 0.333. The van der Waals surface area contributed by atoms with Crippen molar-refractivity contribution in [3.63, 3.8) is 0 Å². The highest BCUT2D eigenvalue weighted by atomic mass is 35.5. The highest BCUT2D eigenvalue weighted by molar-refractivity contribution is 7.18. The van der Waals surface area contributed by atoms with Crippen LogP contribution in [0.1, 0.15) is 46.6 Å². The topological polar surface area (TPSA) is 128 Å². The molecule has 2 atom stereocenters. The Bertz CT molecular complexity index is 2390. The summed E-state index contributed by atoms with van der Waals surface area (Å²) >= 11 is 7.63. The zero-order chi connectivity index (χ0) is 36.2. The minimum absolute atomic E-state index is 0.0412. The molecule has 0 spiro atoms. The Kier molecular flexibility index (Phi) is 8.96. The van der Waals surface area contributed by atoms with Crippen LogP contribution in [0.15, 0.2) is 46.8 Å². The van der Waals surface area contributed by atoms with E-state index in [1.54, 1.807) is 43.6 Å². The number of carboxylic acid groups (broad SMARTS) is 1. The SMILES string of the molecule is Cc1nc2cnc(N(C)C3CCN([C@@H]4C[C@H]4C(F)(F)F)CC3)c(C#N)c2c(=O)n1CC#Cc1ccc(Cl)cc1-c1ccnc2c(C(=O)O)csc12. The number of carbonyl (C=O) groups is 1. The van der Waals surface area contributed by atoms with Gasteiger partial charge in [-0.3, -0.25) is 19.2 Å². The molecule has 4 aromatic heterocycles. The van der Waals surface area contributed by atoms with Gasteiger partial charge in [0.05, 0.1) is 45.3 Å². The molecule has 51 heavy (non-hydrogen) atoms. The third-order valence-corrected chi connectivity index (χ3v) is 11.0. The maximum Gasteiger partial charge on any atom is 0.393 e. The number of piperidine rings is 1. The van der Waals surface area contributed by atoms with Gasteiger partial charge in [0.2, 0.25) is 0 Å². The molecule has 10 nitrogen and oxygen atoms in total. The molecule has 0 bridgehead atoms. The normalized spacial score (nSPS) is 18.0. The zero-order valence-electron chi connectivity index (χ0n) is 27.3. The van der Waals surface area contributed by atoms with Gasteiger partial charge in [-0.05, 0) is 50.5 Å². The van der Waals surface area contributed by atoms with Gasteiger partial charge in [0, 0.05) is 65.5 Å². The number of aromatic carboxylic acids is 1. The van der Waals surface area contributed by atoms with E-state index in [4.69, 9.17) is 11.6 Å². The summed E-state index contributed by atoms with van der Waals surface area (Å²) in [6.07, 6.45) is 0.159. The molecule has 2 aliphatic rings. The molecule has 1 aliphatic heterocycles. The maximum atomic E-state index is 14.0. The number of hydrogen-bond acceptors (Lipinski definition) is 9. The maximum absolute atomic E-state index is 14.0. The molecule has 5 heterocycles. The molecule has 0 radical (unpaired) electrons. The monoisotopic (exact) mass is 731 g/mol. The predicted molar refractivity (Wildman–Crippen MR) is 188 cm³/mol. The van der Waals surface area contributed by atoms with Gasteiger partial charge in [0.15, 0.2) is 0 Å². The minimum atomic E-state index is -4.18. The fourth-order valence-electron chi connectivity index (χ4n) is 6.94. The van der Waals surface area contributed by atoms with Crippen LogP contribution in [0.2, 0.25) is 5.02 Å². The van der Waals surface area contributed by atoms with E-state index in [-0.39, 0.29) is 41.0 Å². The van der Waals surface area contributed by atoms with E-state index >= 15 is 0 Å². The number of anilines is 1. The summed E-state index contributed by atoms with van der Waals surface area (Å²) in [6.45, 7) is 2.64. The fourth-order valence-corrected chi connectivity index (χ4v) is 8.14. The number of pyridine rings is 2. The molecule has 1 aromatic carbocycles. The second kappa shape index (κ2) is 13.3. The van der Waals surface area contributed by atoms with E-state index in [9.17, 15) is 33.1 Å². The van der Waals surface area contributed by atoms with E-state index < -0.39 is 29.7 Å². The lowest BCUT2D eigenvalue weighted by Crippen LogP contribution is -2.45. The van der Waals surface area contributed by atoms with Crippen molar-refractivity contribution in [2.24, 2.45) is 5.92 Å². The number of likely N-dealkylation sites (tertiary alicyclic amines) is 1. The van der Waals surface area contributed by atoms with Gasteiger partial charge in [0.1, 0.15) is 23.3 Å². The van der Waals surface area contributed by atoms with Crippen molar-refractivity contribution in [3.05, 3.63) is 79.9 Å². The van der Waals surface area contributed by atoms with E-state index in [0.717, 1.165) is 5.56 Å². The van der Waals surface area contributed by atoms with Crippen molar-refractivity contribution < 1.29 is 23.1 Å². The first-order chi connectivity index (χ1) is 24.4. The highest BCUT2D eigenvalue weighted by Gasteiger charge is 2.58. The zero-order valence-corrected chi connectivity index (χ0v) is 28.9. The number of fused-ring (bicyclic) bond motifs is 2. The number of carboxylic acids is 1. The molecule has 7 rings (SSSR count). The molecular weight excluding hydrogens is 703 g/mol. The Morgan fingerprint density at radius 1 is 1.20 bits per heavy atom. The van der Waals surface area contributed by atoms with Gasteiger partial charge in [-0.25, -0.2) is 14.8 Å². The smallest absolute Gasteiger partial charge is 0.393 e. The summed E-state index contributed by atoms with van der Waals surface area (Å²) in [5.41, 5.74) is 2.37. The summed E-state index contributed by atoms with van der Waals surface area (Å²) in [5.74, 6) is 4.56. The number of nitriles is 1. The summed E-state index contributed by atoms with van der Waals surface area (Å²) in [5, 5.41) is 22.0. The number of hydrogen-bond donors (Lipinski definition) is 1. The van der Waals surface area contributed by atoms with Crippen molar-refractivity contribution in [1.29, 1.82) is 5.26 Å². The van der Waals surface area contributed by atoms with Crippen LogP contribution >= 0.6 is 22.9 Å². The number of halogens is 4. The van der Waals surface area contributed by atoms with Gasteiger partial charge in [-0.2, -0.15) is 18.4 Å². The lowest BCUT2D eigenvalue weighted by Gasteiger charge is -2.38. The van der Waals surface area contributed by atoms with Crippen LogP contribution in [0.25, 0.3) is 32.2 Å². The lowest BCUT2D eigenvalue weighted by molar-refractivity contribution is -0.152. The molecule has 15 heteroatoms. The van der Waals surface area contributed by atoms with Crippen molar-refractivity contribution in [2.45, 2.75) is 51.0 Å². The first-order valence-electron chi connectivity index (χ1n) is 16.1. The van der Waals surface area contributed by atoms with Crippen LogP contribution in [0, 0.1) is 36.0 Å². The summed E-state index contributed by atoms with van der Waals surface area (Å²) in [7, 11) is 1.79. The molecule has 1 N–H and O–H groups in total. The lowest BCUT2D eigenvalue weighted by atomic mass is 10.00. The second-order valence-electron chi connectivity index (χ2n) is 12.7. The predicted octanol–water partition coefficient (Wildman–Crippen LogP) is 6.50. The Hall–Kier alpha value is -5.02. The average molecular weight is 732 g/mol. The molecule has 0 unspecified atom stereocenters. The van der Waals surface area contributed by atoms with E-state index in [2.05, 4.69) is 32.9 Å². The van der Waals surface area contributed by atoms with Gasteiger partial charge < -0.3 is 10.0 Å². The molecule has 260 valence electrons. The van der Waals surface area contributed by atoms with E-state index in [0.29, 0.717) is 63.9 Å². The number of aromatic nitrogens is 4. The molecule has 2 fully saturated rings. The van der Waals surface area contributed by atoms with Crippen molar-refractivity contribution in [2.75, 3.05) is 25.0 Å². The number of aryl methyl sites for hydroxylation is 1. The number of nitrogens with zero attached hydrogens (tertiary/aromatic N) is 7. The summed E-state index contributed by atoms with van der Waals surface area (Å²) in [6, 6.07) is 8.58. The average Bonchev–Trinajstić information content (AvgIpc) is 3.81. The van der Waals surface area contributed by atoms with E-state index in [1.165, 1.54) is 28.3 Å². The number of alkyl halides is 3. The van der Waals surface area contributed by atoms with Crippen LogP contribution in [0.5, 0.6) is 0 Å². The quantitative estimate of drug-likeness (QED) is 0.195. The summed E-state index contributed by atoms with van der Waals surface area (Å²) < 4.78 is 41.5. The van der Waals surface area contributed by atoms with Crippen molar-refractivity contribution in [3.8, 4) is 29.0 Å². The standard InChI is InChI=1S/C36H29ClF3N7O3S/c1-19-44-28-17-43-33(45(2)22-8-12-46(13-9-22)29-15-27(29)36(38,39)40)25(16-41)30(28)34(48)47(19)11-3-4-20-5-6-21(37)14-24(20)23-7-10-42-31-26(35(49)50)18-51-32(23)31/h5-7,10,14,17-18,22,27,29H,8-9,11-13,15H2,1-2H3,(H,49,50)/t27-,29-/m1/s1. The molecule has 1 saturated carbocycles. The Labute approximate surface area is 298 Å². The van der Waals surface area contributed by atoms with Gasteiger partial charge in [-0.1, -0.05) is 23.4 Å². The molecule has 1 saturated heterocycles. The number of thiophene rings is 1. The van der Waals surface area contributed by atoms with Gasteiger partial charge >= 0.3 is 12.1 Å². The Morgan fingerprint density at radius 2 is 1.96 bits per heavy atom. The van der Waals surface area contributed by atoms with Crippen molar-refractivity contribution >= 4 is 55.8 Å². The molecular formula is C36H29ClF3N7O3S. The van der Waals surface area contributed by atoms with Crippen molar-refractivity contribution in [1.82, 2.24) is 24.4 Å². The Balaban J connectivity index is 1.17. The third-order valence-electron chi connectivity index (χ3n) is 9.73. The molecule has 1 aliphatic carbocycles. The van der Waals surface area contributed by atoms with Crippen LogP contribution in [0.4, 0.5) is 19.0 Å². The van der Waals surface area contributed by atoms with Gasteiger partial charge in [0.25, 0.3) is 5.56 Å². The first-order valence-corrected chi connectivity index (χ1v) is 17.3. The molecule has 0 amide bonds. The van der Waals surface area contributed by atoms with Crippen LogP contribution in [-0.4, -0.2) is 73.9 Å².